The highest BCUT2D eigenvalue weighted by molar-refractivity contribution is 6.42. The zero-order valence-corrected chi connectivity index (χ0v) is 16.8. The average molecular weight is 420 g/mol. The van der Waals surface area contributed by atoms with Gasteiger partial charge < -0.3 is 14.4 Å². The second-order valence-corrected chi connectivity index (χ2v) is 7.26. The van der Waals surface area contributed by atoms with Crippen molar-refractivity contribution in [3.8, 4) is 5.75 Å². The van der Waals surface area contributed by atoms with Gasteiger partial charge in [-0.2, -0.15) is 0 Å². The molecule has 2 aromatic carbocycles. The minimum Gasteiger partial charge on any atom is -0.449 e. The molecule has 0 bridgehead atoms. The maximum Gasteiger partial charge on any atom is 0.511 e. The van der Waals surface area contributed by atoms with Crippen molar-refractivity contribution in [1.29, 1.82) is 0 Å². The number of benzene rings is 2. The predicted molar refractivity (Wildman–Crippen MR) is 111 cm³/mol. The Hall–Kier alpha value is -2.50. The van der Waals surface area contributed by atoms with Crippen LogP contribution in [0.1, 0.15) is 30.9 Å². The van der Waals surface area contributed by atoms with Gasteiger partial charge in [-0.25, -0.2) is 4.79 Å². The normalized spacial score (nSPS) is 11.0. The Morgan fingerprint density at radius 2 is 2.00 bits per heavy atom. The van der Waals surface area contributed by atoms with E-state index in [1.807, 2.05) is 28.8 Å². The number of nitrogens with zero attached hydrogens (tertiary/aromatic N) is 1. The fraction of sp³-hybridized carbons (Fsp3) is 0.238. The Bertz CT molecular complexity index is 1090. The summed E-state index contributed by atoms with van der Waals surface area (Å²) in [7, 11) is 0. The molecule has 0 saturated heterocycles. The number of carbonyl (C=O) groups is 1. The van der Waals surface area contributed by atoms with E-state index in [0.717, 1.165) is 29.5 Å². The molecule has 0 aliphatic carbocycles. The topological polar surface area (TPSA) is 68.5 Å². The molecule has 0 aliphatic heterocycles. The molecule has 5 nitrogen and oxygen atoms in total. The molecule has 0 aliphatic rings. The summed E-state index contributed by atoms with van der Waals surface area (Å²) < 4.78 is 6.57. The molecule has 1 N–H and O–H groups in total. The Morgan fingerprint density at radius 3 is 2.71 bits per heavy atom. The van der Waals surface area contributed by atoms with E-state index >= 15 is 0 Å². The highest BCUT2D eigenvalue weighted by atomic mass is 35.5. The minimum absolute atomic E-state index is 0.200. The van der Waals surface area contributed by atoms with Crippen LogP contribution in [0.4, 0.5) is 4.79 Å². The maximum absolute atomic E-state index is 12.8. The lowest BCUT2D eigenvalue weighted by Crippen LogP contribution is -2.16. The number of aryl methyl sites for hydroxylation is 1. The summed E-state index contributed by atoms with van der Waals surface area (Å²) in [6.45, 7) is 2.72. The highest BCUT2D eigenvalue weighted by Gasteiger charge is 2.14. The molecule has 0 spiro atoms. The molecule has 146 valence electrons. The first kappa shape index (κ1) is 20.2. The van der Waals surface area contributed by atoms with Gasteiger partial charge in [0.05, 0.1) is 21.8 Å². The Morgan fingerprint density at radius 1 is 1.21 bits per heavy atom. The summed E-state index contributed by atoms with van der Waals surface area (Å²) in [5.41, 5.74) is 1.99. The largest absolute Gasteiger partial charge is 0.511 e. The van der Waals surface area contributed by atoms with Gasteiger partial charge in [0, 0.05) is 11.9 Å². The van der Waals surface area contributed by atoms with Gasteiger partial charge in [0.25, 0.3) is 0 Å². The van der Waals surface area contributed by atoms with Crippen molar-refractivity contribution in [3.63, 3.8) is 0 Å². The Labute approximate surface area is 172 Å². The van der Waals surface area contributed by atoms with Crippen molar-refractivity contribution < 1.29 is 14.6 Å². The van der Waals surface area contributed by atoms with E-state index in [9.17, 15) is 9.59 Å². The van der Waals surface area contributed by atoms with Gasteiger partial charge in [-0.1, -0.05) is 54.7 Å². The Kier molecular flexibility index (Phi) is 6.27. The quantitative estimate of drug-likeness (QED) is 0.515. The standard InChI is InChI=1S/C21H19Cl2NO4/c1-2-3-9-24-12-18(28-21(26)27)20(25)15-11-13(7-8-17(15)24)10-14-5-4-6-16(22)19(14)23/h4-8,11-12H,2-3,9-10H2,1H3,(H,26,27). The van der Waals surface area contributed by atoms with E-state index in [1.165, 1.54) is 6.20 Å². The molecule has 3 aromatic rings. The molecule has 3 rings (SSSR count). The summed E-state index contributed by atoms with van der Waals surface area (Å²) in [5.74, 6) is -0.200. The molecule has 0 amide bonds. The monoisotopic (exact) mass is 419 g/mol. The minimum atomic E-state index is -1.51. The van der Waals surface area contributed by atoms with Crippen LogP contribution in [-0.4, -0.2) is 15.8 Å². The molecule has 1 heterocycles. The summed E-state index contributed by atoms with van der Waals surface area (Å²) in [5, 5.41) is 10.3. The number of aromatic nitrogens is 1. The fourth-order valence-electron chi connectivity index (χ4n) is 3.11. The second kappa shape index (κ2) is 8.67. The lowest BCUT2D eigenvalue weighted by atomic mass is 10.0. The van der Waals surface area contributed by atoms with Gasteiger partial charge in [-0.3, -0.25) is 4.79 Å². The number of hydrogen-bond acceptors (Lipinski definition) is 3. The number of halogens is 2. The number of hydrogen-bond donors (Lipinski definition) is 1. The van der Waals surface area contributed by atoms with Crippen molar-refractivity contribution in [1.82, 2.24) is 4.57 Å². The van der Waals surface area contributed by atoms with Crippen LogP contribution in [0.3, 0.4) is 0 Å². The first-order valence-electron chi connectivity index (χ1n) is 8.90. The highest BCUT2D eigenvalue weighted by Crippen LogP contribution is 2.28. The smallest absolute Gasteiger partial charge is 0.449 e. The number of ether oxygens (including phenoxy) is 1. The van der Waals surface area contributed by atoms with Crippen LogP contribution in [-0.2, 0) is 13.0 Å². The van der Waals surface area contributed by atoms with E-state index in [1.54, 1.807) is 12.1 Å². The van der Waals surface area contributed by atoms with Crippen LogP contribution in [0.2, 0.25) is 10.0 Å². The third kappa shape index (κ3) is 4.32. The molecule has 1 aromatic heterocycles. The summed E-state index contributed by atoms with van der Waals surface area (Å²) in [6.07, 6.45) is 2.30. The first-order valence-corrected chi connectivity index (χ1v) is 9.66. The van der Waals surface area contributed by atoms with Crippen molar-refractivity contribution in [2.24, 2.45) is 0 Å². The third-order valence-electron chi connectivity index (χ3n) is 4.49. The number of pyridine rings is 1. The third-order valence-corrected chi connectivity index (χ3v) is 5.35. The van der Waals surface area contributed by atoms with Crippen molar-refractivity contribution >= 4 is 40.3 Å². The zero-order valence-electron chi connectivity index (χ0n) is 15.2. The fourth-order valence-corrected chi connectivity index (χ4v) is 3.50. The molecular weight excluding hydrogens is 401 g/mol. The second-order valence-electron chi connectivity index (χ2n) is 6.48. The number of unbranched alkanes of at least 4 members (excludes halogenated alkanes) is 1. The van der Waals surface area contributed by atoms with Gasteiger partial charge >= 0.3 is 6.16 Å². The zero-order chi connectivity index (χ0) is 20.3. The van der Waals surface area contributed by atoms with Gasteiger partial charge in [-0.05, 0) is 42.2 Å². The van der Waals surface area contributed by atoms with Crippen LogP contribution >= 0.6 is 23.2 Å². The van der Waals surface area contributed by atoms with E-state index in [4.69, 9.17) is 33.0 Å². The van der Waals surface area contributed by atoms with Crippen molar-refractivity contribution in [3.05, 3.63) is 74.0 Å². The lowest BCUT2D eigenvalue weighted by Gasteiger charge is -2.14. The van der Waals surface area contributed by atoms with Crippen LogP contribution in [0.5, 0.6) is 5.75 Å². The van der Waals surface area contributed by atoms with Crippen LogP contribution in [0.15, 0.2) is 47.4 Å². The number of fused-ring (bicyclic) bond motifs is 1. The molecule has 0 saturated carbocycles. The molecule has 7 heteroatoms. The number of rotatable bonds is 6. The number of carboxylic acid groups (broad SMARTS) is 1. The first-order chi connectivity index (χ1) is 13.4. The van der Waals surface area contributed by atoms with E-state index < -0.39 is 11.6 Å². The summed E-state index contributed by atoms with van der Waals surface area (Å²) in [6, 6.07) is 11.0. The van der Waals surface area contributed by atoms with Crippen LogP contribution in [0.25, 0.3) is 10.9 Å². The van der Waals surface area contributed by atoms with Gasteiger partial charge in [0.2, 0.25) is 5.43 Å². The maximum atomic E-state index is 12.8. The molecular formula is C21H19Cl2NO4. The Balaban J connectivity index is 2.10. The average Bonchev–Trinajstić information content (AvgIpc) is 2.66. The molecule has 0 atom stereocenters. The molecule has 0 unspecified atom stereocenters. The summed E-state index contributed by atoms with van der Waals surface area (Å²) >= 11 is 12.4. The van der Waals surface area contributed by atoms with Gasteiger partial charge in [-0.15, -0.1) is 0 Å². The lowest BCUT2D eigenvalue weighted by molar-refractivity contribution is 0.143. The molecule has 0 fully saturated rings. The van der Waals surface area contributed by atoms with Gasteiger partial charge in [0.15, 0.2) is 5.75 Å². The SMILES string of the molecule is CCCCn1cc(OC(=O)O)c(=O)c2cc(Cc3cccc(Cl)c3Cl)ccc21. The molecule has 28 heavy (non-hydrogen) atoms. The van der Waals surface area contributed by atoms with E-state index in [0.29, 0.717) is 28.4 Å². The van der Waals surface area contributed by atoms with Crippen molar-refractivity contribution in [2.75, 3.05) is 0 Å². The van der Waals surface area contributed by atoms with E-state index in [-0.39, 0.29) is 5.75 Å². The molecule has 0 radical (unpaired) electrons. The van der Waals surface area contributed by atoms with E-state index in [2.05, 4.69) is 6.92 Å². The van der Waals surface area contributed by atoms with Gasteiger partial charge in [0.1, 0.15) is 0 Å². The van der Waals surface area contributed by atoms with Crippen LogP contribution in [0, 0.1) is 0 Å². The van der Waals surface area contributed by atoms with Crippen molar-refractivity contribution in [2.45, 2.75) is 32.7 Å². The van der Waals surface area contributed by atoms with Crippen LogP contribution < -0.4 is 10.2 Å². The summed E-state index contributed by atoms with van der Waals surface area (Å²) in [4.78, 5) is 23.7. The predicted octanol–water partition coefficient (Wildman–Crippen LogP) is 5.76.